The fraction of sp³-hybridized carbons (Fsp3) is 0.344. The van der Waals surface area contributed by atoms with Crippen LogP contribution in [-0.4, -0.2) is 51.8 Å². The minimum Gasteiger partial charge on any atom is -0.392 e. The maximum atomic E-state index is 14.4. The van der Waals surface area contributed by atoms with Crippen molar-refractivity contribution in [2.24, 2.45) is 7.05 Å². The van der Waals surface area contributed by atoms with Crippen LogP contribution in [0.2, 0.25) is 0 Å². The highest BCUT2D eigenvalue weighted by atomic mass is 19.4. The van der Waals surface area contributed by atoms with Crippen molar-refractivity contribution in [1.82, 2.24) is 39.8 Å². The molecule has 1 aromatic carbocycles. The number of benzene rings is 1. The Labute approximate surface area is 256 Å². The monoisotopic (exact) mass is 618 g/mol. The maximum Gasteiger partial charge on any atom is 0.418 e. The summed E-state index contributed by atoms with van der Waals surface area (Å²) in [4.78, 5) is 9.20. The van der Waals surface area contributed by atoms with E-state index in [2.05, 4.69) is 25.6 Å². The summed E-state index contributed by atoms with van der Waals surface area (Å²) >= 11 is 0. The van der Waals surface area contributed by atoms with Crippen molar-refractivity contribution in [1.29, 1.82) is 0 Å². The van der Waals surface area contributed by atoms with E-state index in [1.54, 1.807) is 23.7 Å². The van der Waals surface area contributed by atoms with Crippen LogP contribution in [0.1, 0.15) is 55.0 Å². The molecule has 0 saturated heterocycles. The number of aliphatic hydroxyl groups excluding tert-OH is 1. The molecule has 4 aromatic heterocycles. The van der Waals surface area contributed by atoms with E-state index in [1.165, 1.54) is 41.6 Å². The van der Waals surface area contributed by atoms with E-state index in [0.717, 1.165) is 43.0 Å². The minimum atomic E-state index is -4.63. The Kier molecular flexibility index (Phi) is 7.44. The summed E-state index contributed by atoms with van der Waals surface area (Å²) < 4.78 is 59.9. The van der Waals surface area contributed by atoms with Gasteiger partial charge in [-0.3, -0.25) is 4.98 Å². The molecular formula is C32H30F4N8O. The van der Waals surface area contributed by atoms with Crippen LogP contribution in [0.15, 0.2) is 61.2 Å². The van der Waals surface area contributed by atoms with E-state index in [-0.39, 0.29) is 29.8 Å². The fourth-order valence-corrected chi connectivity index (χ4v) is 5.91. The molecule has 2 saturated carbocycles. The van der Waals surface area contributed by atoms with E-state index in [9.17, 15) is 22.7 Å². The Morgan fingerprint density at radius 3 is 2.53 bits per heavy atom. The van der Waals surface area contributed by atoms with E-state index < -0.39 is 23.7 Å². The zero-order chi connectivity index (χ0) is 31.3. The zero-order valence-corrected chi connectivity index (χ0v) is 24.3. The molecule has 0 radical (unpaired) electrons. The molecule has 2 aliphatic carbocycles. The molecule has 2 fully saturated rings. The summed E-state index contributed by atoms with van der Waals surface area (Å²) in [5, 5.41) is 25.9. The van der Waals surface area contributed by atoms with Gasteiger partial charge in [-0.1, -0.05) is 6.07 Å². The van der Waals surface area contributed by atoms with Crippen LogP contribution in [0, 0.1) is 5.82 Å². The first-order chi connectivity index (χ1) is 21.6. The molecule has 4 heterocycles. The van der Waals surface area contributed by atoms with Crippen molar-refractivity contribution in [3.05, 3.63) is 84.0 Å². The number of nitrogens with one attached hydrogen (secondary N) is 1. The SMILES string of the molecule is Cn1cnnc1-c1cc(F)ccc1-c1cc(C2CC2)nc(-n2cc(-c3nc(CN[C@@H]4CCC[C@@H]4O)ccc3C(F)(F)F)cn2)c1. The largest absolute Gasteiger partial charge is 0.418 e. The first kappa shape index (κ1) is 29.2. The second-order valence-electron chi connectivity index (χ2n) is 11.7. The van der Waals surface area contributed by atoms with E-state index in [4.69, 9.17) is 4.98 Å². The van der Waals surface area contributed by atoms with Gasteiger partial charge in [0.15, 0.2) is 11.6 Å². The lowest BCUT2D eigenvalue weighted by atomic mass is 9.98. The van der Waals surface area contributed by atoms with E-state index >= 15 is 0 Å². The lowest BCUT2D eigenvalue weighted by molar-refractivity contribution is -0.137. The van der Waals surface area contributed by atoms with Crippen molar-refractivity contribution in [3.8, 4) is 39.6 Å². The Morgan fingerprint density at radius 2 is 1.82 bits per heavy atom. The molecule has 2 atom stereocenters. The third-order valence-corrected chi connectivity index (χ3v) is 8.45. The van der Waals surface area contributed by atoms with Crippen molar-refractivity contribution in [2.75, 3.05) is 0 Å². The van der Waals surface area contributed by atoms with Gasteiger partial charge in [0.2, 0.25) is 0 Å². The Hall–Kier alpha value is -4.49. The highest BCUT2D eigenvalue weighted by molar-refractivity contribution is 5.81. The number of pyridine rings is 2. The molecule has 0 bridgehead atoms. The van der Waals surface area contributed by atoms with Crippen LogP contribution in [0.3, 0.4) is 0 Å². The lowest BCUT2D eigenvalue weighted by Gasteiger charge is -2.17. The molecule has 45 heavy (non-hydrogen) atoms. The number of alkyl halides is 3. The molecular weight excluding hydrogens is 588 g/mol. The number of hydrogen-bond donors (Lipinski definition) is 2. The van der Waals surface area contributed by atoms with Crippen LogP contribution in [0.25, 0.3) is 39.6 Å². The quantitative estimate of drug-likeness (QED) is 0.211. The number of halogens is 4. The van der Waals surface area contributed by atoms with Gasteiger partial charge in [0.05, 0.1) is 29.3 Å². The van der Waals surface area contributed by atoms with Gasteiger partial charge in [0.1, 0.15) is 12.1 Å². The summed E-state index contributed by atoms with van der Waals surface area (Å²) in [6.07, 6.45) is 3.60. The average Bonchev–Trinajstić information content (AvgIpc) is 3.36. The number of aliphatic hydroxyl groups is 1. The lowest BCUT2D eigenvalue weighted by Crippen LogP contribution is -2.35. The summed E-state index contributed by atoms with van der Waals surface area (Å²) in [5.74, 6) is 0.726. The van der Waals surface area contributed by atoms with Gasteiger partial charge in [-0.2, -0.15) is 18.3 Å². The number of rotatable bonds is 8. The highest BCUT2D eigenvalue weighted by Gasteiger charge is 2.35. The average molecular weight is 619 g/mol. The van der Waals surface area contributed by atoms with Gasteiger partial charge in [-0.25, -0.2) is 14.1 Å². The Bertz CT molecular complexity index is 1860. The number of nitrogens with zero attached hydrogens (tertiary/aromatic N) is 7. The van der Waals surface area contributed by atoms with E-state index in [1.807, 2.05) is 6.07 Å². The van der Waals surface area contributed by atoms with Gasteiger partial charge >= 0.3 is 6.18 Å². The Balaban J connectivity index is 1.27. The van der Waals surface area contributed by atoms with Gasteiger partial charge < -0.3 is 15.0 Å². The van der Waals surface area contributed by atoms with Crippen LogP contribution >= 0.6 is 0 Å². The predicted octanol–water partition coefficient (Wildman–Crippen LogP) is 5.83. The van der Waals surface area contributed by atoms with Crippen molar-refractivity contribution < 1.29 is 22.7 Å². The van der Waals surface area contributed by atoms with E-state index in [0.29, 0.717) is 34.9 Å². The summed E-state index contributed by atoms with van der Waals surface area (Å²) in [5.41, 5.74) is 2.33. The smallest absolute Gasteiger partial charge is 0.392 e. The molecule has 7 rings (SSSR count). The second-order valence-corrected chi connectivity index (χ2v) is 11.7. The highest BCUT2D eigenvalue weighted by Crippen LogP contribution is 2.42. The first-order valence-corrected chi connectivity index (χ1v) is 14.8. The third kappa shape index (κ3) is 5.97. The molecule has 13 heteroatoms. The molecule has 0 aliphatic heterocycles. The predicted molar refractivity (Wildman–Crippen MR) is 157 cm³/mol. The van der Waals surface area contributed by atoms with Crippen LogP contribution in [-0.2, 0) is 19.8 Å². The van der Waals surface area contributed by atoms with Gasteiger partial charge in [0.25, 0.3) is 0 Å². The standard InChI is InChI=1S/C32H30F4N8O/c1-43-17-38-42-31(43)24-13-21(33)7-9-23(24)19-11-27(18-5-6-18)41-29(12-19)44-16-20(14-39-44)30-25(32(34,35)36)10-8-22(40-30)15-37-26-3-2-4-28(26)45/h7-14,16-18,26,28,37,45H,2-6,15H2,1H3/t26-,28+/m1/s1. The molecule has 2 N–H and O–H groups in total. The summed E-state index contributed by atoms with van der Waals surface area (Å²) in [6, 6.07) is 10.5. The number of hydrogen-bond acceptors (Lipinski definition) is 7. The molecule has 9 nitrogen and oxygen atoms in total. The molecule has 232 valence electrons. The number of aromatic nitrogens is 7. The molecule has 5 aromatic rings. The van der Waals surface area contributed by atoms with Gasteiger partial charge in [-0.05, 0) is 79.6 Å². The molecule has 0 unspecified atom stereocenters. The summed E-state index contributed by atoms with van der Waals surface area (Å²) in [6.45, 7) is 0.223. The van der Waals surface area contributed by atoms with Crippen LogP contribution < -0.4 is 5.32 Å². The summed E-state index contributed by atoms with van der Waals surface area (Å²) in [7, 11) is 1.77. The normalized spacial score (nSPS) is 18.5. The molecule has 2 aliphatic rings. The second kappa shape index (κ2) is 11.5. The Morgan fingerprint density at radius 1 is 0.978 bits per heavy atom. The number of aryl methyl sites for hydroxylation is 1. The van der Waals surface area contributed by atoms with Gasteiger partial charge in [0, 0.05) is 48.6 Å². The zero-order valence-electron chi connectivity index (χ0n) is 24.3. The van der Waals surface area contributed by atoms with Gasteiger partial charge in [-0.15, -0.1) is 10.2 Å². The van der Waals surface area contributed by atoms with Crippen molar-refractivity contribution >= 4 is 0 Å². The third-order valence-electron chi connectivity index (χ3n) is 8.45. The maximum absolute atomic E-state index is 14.4. The molecule has 0 spiro atoms. The van der Waals surface area contributed by atoms with Crippen LogP contribution in [0.4, 0.5) is 17.6 Å². The van der Waals surface area contributed by atoms with Crippen molar-refractivity contribution in [2.45, 2.75) is 62.9 Å². The fourth-order valence-electron chi connectivity index (χ4n) is 5.91. The van der Waals surface area contributed by atoms with Crippen molar-refractivity contribution in [3.63, 3.8) is 0 Å². The first-order valence-electron chi connectivity index (χ1n) is 14.8. The topological polar surface area (TPSA) is 107 Å². The minimum absolute atomic E-state index is 0.116. The molecule has 0 amide bonds. The van der Waals surface area contributed by atoms with Crippen LogP contribution in [0.5, 0.6) is 0 Å².